The smallest absolute Gasteiger partial charge is 0.301 e. The Bertz CT molecular complexity index is 1880. The molecule has 1 N–H and O–H groups in total. The van der Waals surface area contributed by atoms with E-state index in [0.717, 1.165) is 11.1 Å². The number of Topliss-reactive ketones (excluding diaryl/α,β-unsaturated/α-hetero) is 1. The van der Waals surface area contributed by atoms with Crippen LogP contribution in [0.1, 0.15) is 39.1 Å². The van der Waals surface area contributed by atoms with Crippen LogP contribution in [-0.4, -0.2) is 43.5 Å². The Morgan fingerprint density at radius 3 is 2.48 bits per heavy atom. The van der Waals surface area contributed by atoms with Gasteiger partial charge in [0.2, 0.25) is 5.13 Å². The van der Waals surface area contributed by atoms with Gasteiger partial charge in [-0.15, -0.1) is 10.2 Å². The molecule has 1 aliphatic rings. The van der Waals surface area contributed by atoms with E-state index in [-0.39, 0.29) is 22.2 Å². The fraction of sp³-hybridized carbons (Fsp3) is 0.194. The molecular weight excluding hydrogens is 554 g/mol. The maximum Gasteiger partial charge on any atom is 0.301 e. The average Bonchev–Trinajstić information content (AvgIpc) is 3.66. The number of ketones is 1. The predicted octanol–water partition coefficient (Wildman–Crippen LogP) is 5.32. The Labute approximate surface area is 245 Å². The van der Waals surface area contributed by atoms with E-state index >= 15 is 0 Å². The largest absolute Gasteiger partial charge is 0.505 e. The van der Waals surface area contributed by atoms with Crippen LogP contribution in [0.3, 0.4) is 0 Å². The normalized spacial score (nSPS) is 16.4. The van der Waals surface area contributed by atoms with Crippen LogP contribution in [0.5, 0.6) is 11.5 Å². The lowest BCUT2D eigenvalue weighted by Gasteiger charge is -2.23. The zero-order valence-corrected chi connectivity index (χ0v) is 24.2. The summed E-state index contributed by atoms with van der Waals surface area (Å²) in [6.07, 6.45) is 1.83. The first kappa shape index (κ1) is 27.2. The third-order valence-electron chi connectivity index (χ3n) is 7.21. The SMILES string of the molecule is COc1cc(C2/C(=C(\O)c3nc4c(C)cccn4c3C)C(=O)C(=O)N2c2nnc(C)s2)ccc1OCc1ccccc1. The lowest BCUT2D eigenvalue weighted by atomic mass is 9.96. The van der Waals surface area contributed by atoms with Gasteiger partial charge in [0.05, 0.1) is 24.4 Å². The van der Waals surface area contributed by atoms with Crippen LogP contribution in [0.25, 0.3) is 11.4 Å². The van der Waals surface area contributed by atoms with E-state index in [0.29, 0.717) is 40.0 Å². The van der Waals surface area contributed by atoms with E-state index in [9.17, 15) is 14.7 Å². The Morgan fingerprint density at radius 1 is 1.00 bits per heavy atom. The monoisotopic (exact) mass is 581 g/mol. The highest BCUT2D eigenvalue weighted by Crippen LogP contribution is 2.45. The summed E-state index contributed by atoms with van der Waals surface area (Å²) >= 11 is 1.18. The number of pyridine rings is 1. The number of methoxy groups -OCH3 is 1. The van der Waals surface area contributed by atoms with Gasteiger partial charge in [-0.2, -0.15) is 0 Å². The number of carbonyl (C=O) groups is 2. The first-order valence-electron chi connectivity index (χ1n) is 13.2. The average molecular weight is 582 g/mol. The second-order valence-corrected chi connectivity index (χ2v) is 11.0. The third-order valence-corrected chi connectivity index (χ3v) is 8.05. The summed E-state index contributed by atoms with van der Waals surface area (Å²) in [7, 11) is 1.52. The number of benzene rings is 2. The number of ether oxygens (including phenoxy) is 2. The minimum atomic E-state index is -1.01. The Hall–Kier alpha value is -5.03. The molecule has 212 valence electrons. The van der Waals surface area contributed by atoms with E-state index in [1.54, 1.807) is 32.0 Å². The molecule has 0 aliphatic carbocycles. The Balaban J connectivity index is 1.49. The quantitative estimate of drug-likeness (QED) is 0.156. The molecular formula is C31H27N5O5S. The summed E-state index contributed by atoms with van der Waals surface area (Å²) < 4.78 is 13.5. The lowest BCUT2D eigenvalue weighted by Crippen LogP contribution is -2.29. The molecule has 11 heteroatoms. The number of aryl methyl sites for hydroxylation is 3. The number of hydrogen-bond acceptors (Lipinski definition) is 9. The van der Waals surface area contributed by atoms with Gasteiger partial charge in [0.1, 0.15) is 23.0 Å². The van der Waals surface area contributed by atoms with Gasteiger partial charge in [0.15, 0.2) is 17.3 Å². The number of nitrogens with zero attached hydrogens (tertiary/aromatic N) is 5. The molecule has 1 amide bonds. The minimum absolute atomic E-state index is 0.1000. The van der Waals surface area contributed by atoms with Crippen molar-refractivity contribution in [3.05, 3.63) is 106 Å². The van der Waals surface area contributed by atoms with Crippen molar-refractivity contribution in [1.29, 1.82) is 0 Å². The van der Waals surface area contributed by atoms with E-state index in [1.807, 2.05) is 60.0 Å². The number of aliphatic hydroxyl groups is 1. The van der Waals surface area contributed by atoms with Gasteiger partial charge in [-0.25, -0.2) is 4.98 Å². The highest BCUT2D eigenvalue weighted by atomic mass is 32.1. The third kappa shape index (κ3) is 4.57. The molecule has 5 aromatic rings. The van der Waals surface area contributed by atoms with Crippen LogP contribution in [0.4, 0.5) is 5.13 Å². The van der Waals surface area contributed by atoms with Crippen molar-refractivity contribution >= 4 is 39.6 Å². The number of aliphatic hydroxyl groups excluding tert-OH is 1. The van der Waals surface area contributed by atoms with Gasteiger partial charge >= 0.3 is 5.91 Å². The van der Waals surface area contributed by atoms with E-state index in [4.69, 9.17) is 9.47 Å². The Morgan fingerprint density at radius 2 is 1.79 bits per heavy atom. The van der Waals surface area contributed by atoms with Gasteiger partial charge in [-0.05, 0) is 55.7 Å². The molecule has 0 radical (unpaired) electrons. The molecule has 10 nitrogen and oxygen atoms in total. The van der Waals surface area contributed by atoms with E-state index in [1.165, 1.54) is 23.3 Å². The summed E-state index contributed by atoms with van der Waals surface area (Å²) in [4.78, 5) is 33.1. The summed E-state index contributed by atoms with van der Waals surface area (Å²) in [5.41, 5.74) is 3.80. The molecule has 2 aromatic carbocycles. The first-order chi connectivity index (χ1) is 20.3. The Kier molecular flexibility index (Phi) is 6.95. The molecule has 1 fully saturated rings. The molecule has 1 aliphatic heterocycles. The summed E-state index contributed by atoms with van der Waals surface area (Å²) in [6, 6.07) is 17.7. The second-order valence-electron chi connectivity index (χ2n) is 9.89. The number of hydrogen-bond donors (Lipinski definition) is 1. The van der Waals surface area contributed by atoms with Crippen LogP contribution in [0.15, 0.2) is 72.4 Å². The number of rotatable bonds is 7. The number of anilines is 1. The van der Waals surface area contributed by atoms with Crippen LogP contribution in [0, 0.1) is 20.8 Å². The maximum atomic E-state index is 13.6. The second kappa shape index (κ2) is 10.7. The minimum Gasteiger partial charge on any atom is -0.505 e. The van der Waals surface area contributed by atoms with Crippen LogP contribution >= 0.6 is 11.3 Å². The fourth-order valence-electron chi connectivity index (χ4n) is 5.11. The van der Waals surface area contributed by atoms with Gasteiger partial charge in [0.25, 0.3) is 5.78 Å². The topological polar surface area (TPSA) is 119 Å². The molecule has 0 saturated carbocycles. The molecule has 3 aromatic heterocycles. The predicted molar refractivity (Wildman–Crippen MR) is 158 cm³/mol. The zero-order valence-electron chi connectivity index (χ0n) is 23.4. The van der Waals surface area contributed by atoms with E-state index < -0.39 is 17.7 Å². The molecule has 1 atom stereocenters. The van der Waals surface area contributed by atoms with Crippen molar-refractivity contribution in [3.8, 4) is 11.5 Å². The summed E-state index contributed by atoms with van der Waals surface area (Å²) in [6.45, 7) is 5.80. The molecule has 42 heavy (non-hydrogen) atoms. The lowest BCUT2D eigenvalue weighted by molar-refractivity contribution is -0.132. The summed E-state index contributed by atoms with van der Waals surface area (Å²) in [5, 5.41) is 20.8. The van der Waals surface area contributed by atoms with Crippen molar-refractivity contribution in [3.63, 3.8) is 0 Å². The number of imidazole rings is 1. The number of fused-ring (bicyclic) bond motifs is 1. The maximum absolute atomic E-state index is 13.6. The van der Waals surface area contributed by atoms with Gasteiger partial charge in [0, 0.05) is 6.20 Å². The zero-order chi connectivity index (χ0) is 29.5. The fourth-order valence-corrected chi connectivity index (χ4v) is 5.83. The van der Waals surface area contributed by atoms with Crippen molar-refractivity contribution in [2.45, 2.75) is 33.4 Å². The van der Waals surface area contributed by atoms with Gasteiger partial charge in [-0.1, -0.05) is 53.8 Å². The van der Waals surface area contributed by atoms with Gasteiger partial charge in [-0.3, -0.25) is 14.5 Å². The molecule has 0 spiro atoms. The van der Waals surface area contributed by atoms with Crippen LogP contribution in [-0.2, 0) is 16.2 Å². The molecule has 6 rings (SSSR count). The highest BCUT2D eigenvalue weighted by Gasteiger charge is 2.49. The molecule has 1 saturated heterocycles. The number of aromatic nitrogens is 4. The molecule has 1 unspecified atom stereocenters. The molecule has 0 bridgehead atoms. The van der Waals surface area contributed by atoms with E-state index in [2.05, 4.69) is 15.2 Å². The summed E-state index contributed by atoms with van der Waals surface area (Å²) in [5.74, 6) is -1.14. The van der Waals surface area contributed by atoms with Crippen molar-refractivity contribution in [1.82, 2.24) is 19.6 Å². The standard InChI is InChI=1S/C31H27N5O5S/c1-17-9-8-14-35-18(2)25(32-29(17)35)27(37)24-26(36(30(39)28(24)38)31-34-33-19(3)42-31)21-12-13-22(23(15-21)40-4)41-16-20-10-6-5-7-11-20/h5-15,26,37H,16H2,1-4H3/b27-24+. The first-order valence-corrected chi connectivity index (χ1v) is 14.0. The highest BCUT2D eigenvalue weighted by molar-refractivity contribution is 7.15. The molecule has 4 heterocycles. The number of carbonyl (C=O) groups excluding carboxylic acids is 2. The van der Waals surface area contributed by atoms with Gasteiger partial charge < -0.3 is 19.0 Å². The van der Waals surface area contributed by atoms with Crippen molar-refractivity contribution in [2.75, 3.05) is 12.0 Å². The van der Waals surface area contributed by atoms with Crippen molar-refractivity contribution in [2.24, 2.45) is 0 Å². The van der Waals surface area contributed by atoms with Crippen molar-refractivity contribution < 1.29 is 24.2 Å². The van der Waals surface area contributed by atoms with Crippen LogP contribution < -0.4 is 14.4 Å². The van der Waals surface area contributed by atoms with Crippen LogP contribution in [0.2, 0.25) is 0 Å². The number of amides is 1.